The van der Waals surface area contributed by atoms with Crippen LogP contribution in [0.1, 0.15) is 15.9 Å². The van der Waals surface area contributed by atoms with Crippen LogP contribution in [-0.2, 0) is 6.54 Å². The lowest BCUT2D eigenvalue weighted by Gasteiger charge is -2.17. The summed E-state index contributed by atoms with van der Waals surface area (Å²) in [6, 6.07) is 10.5. The Morgan fingerprint density at radius 1 is 1.17 bits per heavy atom. The molecule has 24 heavy (non-hydrogen) atoms. The molecule has 0 amide bonds. The van der Waals surface area contributed by atoms with Gasteiger partial charge in [-0.1, -0.05) is 12.1 Å². The second-order valence-corrected chi connectivity index (χ2v) is 5.45. The summed E-state index contributed by atoms with van der Waals surface area (Å²) in [7, 11) is 0. The highest BCUT2D eigenvalue weighted by Gasteiger charge is 2.14. The molecule has 0 spiro atoms. The Kier molecular flexibility index (Phi) is 3.45. The van der Waals surface area contributed by atoms with E-state index in [1.807, 2.05) is 12.1 Å². The van der Waals surface area contributed by atoms with Gasteiger partial charge in [0.1, 0.15) is 13.2 Å². The average Bonchev–Trinajstić information content (AvgIpc) is 3.00. The molecule has 0 unspecified atom stereocenters. The molecule has 0 saturated heterocycles. The molecule has 3 N–H and O–H groups in total. The molecule has 1 aromatic heterocycles. The number of rotatable bonds is 4. The lowest BCUT2D eigenvalue weighted by molar-refractivity contribution is 0.0697. The Labute approximate surface area is 137 Å². The predicted molar refractivity (Wildman–Crippen MR) is 87.8 cm³/mol. The largest absolute Gasteiger partial charge is 0.486 e. The first-order valence-corrected chi connectivity index (χ1v) is 7.54. The third-order valence-corrected chi connectivity index (χ3v) is 3.81. The van der Waals surface area contributed by atoms with Gasteiger partial charge in [0.15, 0.2) is 11.5 Å². The van der Waals surface area contributed by atoms with Gasteiger partial charge >= 0.3 is 5.97 Å². The Morgan fingerprint density at radius 2 is 1.88 bits per heavy atom. The maximum absolute atomic E-state index is 10.8. The molecular weight excluding hydrogens is 310 g/mol. The van der Waals surface area contributed by atoms with Crippen molar-refractivity contribution in [3.8, 4) is 11.5 Å². The van der Waals surface area contributed by atoms with E-state index in [-0.39, 0.29) is 5.56 Å². The number of carboxylic acids is 1. The molecule has 7 heteroatoms. The van der Waals surface area contributed by atoms with Gasteiger partial charge in [0.2, 0.25) is 5.95 Å². The van der Waals surface area contributed by atoms with Crippen LogP contribution in [0.3, 0.4) is 0 Å². The van der Waals surface area contributed by atoms with Crippen LogP contribution >= 0.6 is 0 Å². The number of aromatic amines is 1. The van der Waals surface area contributed by atoms with Gasteiger partial charge in [0, 0.05) is 18.7 Å². The molecule has 0 bridgehead atoms. The minimum Gasteiger partial charge on any atom is -0.486 e. The van der Waals surface area contributed by atoms with E-state index in [0.29, 0.717) is 37.2 Å². The number of carbonyl (C=O) groups is 1. The van der Waals surface area contributed by atoms with Crippen LogP contribution < -0.4 is 14.8 Å². The smallest absolute Gasteiger partial charge is 0.335 e. The standard InChI is InChI=1S/C17H15N3O4/c21-16(22)11-3-1-10(2-4-11)9-18-17-19-12-7-14-15(8-13(12)20-17)24-6-5-23-14/h1-4,7-8H,5-6,9H2,(H,21,22)(H2,18,19,20). The Morgan fingerprint density at radius 3 is 2.58 bits per heavy atom. The molecule has 3 aromatic rings. The number of ether oxygens (including phenoxy) is 2. The monoisotopic (exact) mass is 325 g/mol. The molecule has 0 fully saturated rings. The predicted octanol–water partition coefficient (Wildman–Crippen LogP) is 2.64. The molecule has 0 saturated carbocycles. The van der Waals surface area contributed by atoms with Gasteiger partial charge in [-0.3, -0.25) is 0 Å². The summed E-state index contributed by atoms with van der Waals surface area (Å²) in [6.45, 7) is 1.62. The molecule has 7 nitrogen and oxygen atoms in total. The highest BCUT2D eigenvalue weighted by Crippen LogP contribution is 2.34. The van der Waals surface area contributed by atoms with E-state index in [1.54, 1.807) is 24.3 Å². The van der Waals surface area contributed by atoms with Crippen LogP contribution in [0.2, 0.25) is 0 Å². The van der Waals surface area contributed by atoms with Crippen molar-refractivity contribution in [3.63, 3.8) is 0 Å². The first-order chi connectivity index (χ1) is 11.7. The lowest BCUT2D eigenvalue weighted by atomic mass is 10.1. The summed E-state index contributed by atoms with van der Waals surface area (Å²) in [5, 5.41) is 12.1. The summed E-state index contributed by atoms with van der Waals surface area (Å²) >= 11 is 0. The second-order valence-electron chi connectivity index (χ2n) is 5.45. The van der Waals surface area contributed by atoms with Crippen molar-refractivity contribution in [1.29, 1.82) is 0 Å². The van der Waals surface area contributed by atoms with Gasteiger partial charge in [-0.05, 0) is 17.7 Å². The normalized spacial score (nSPS) is 13.0. The van der Waals surface area contributed by atoms with E-state index >= 15 is 0 Å². The highest BCUT2D eigenvalue weighted by atomic mass is 16.6. The number of nitrogens with zero attached hydrogens (tertiary/aromatic N) is 1. The van der Waals surface area contributed by atoms with Crippen LogP contribution in [-0.4, -0.2) is 34.3 Å². The lowest BCUT2D eigenvalue weighted by Crippen LogP contribution is -2.15. The number of aromatic nitrogens is 2. The van der Waals surface area contributed by atoms with Crippen molar-refractivity contribution in [2.45, 2.75) is 6.54 Å². The van der Waals surface area contributed by atoms with Crippen LogP contribution in [0, 0.1) is 0 Å². The van der Waals surface area contributed by atoms with E-state index in [2.05, 4.69) is 15.3 Å². The molecule has 0 atom stereocenters. The van der Waals surface area contributed by atoms with Crippen molar-refractivity contribution in [2.75, 3.05) is 18.5 Å². The Balaban J connectivity index is 1.51. The summed E-state index contributed by atoms with van der Waals surface area (Å²) in [4.78, 5) is 18.5. The third-order valence-electron chi connectivity index (χ3n) is 3.81. The van der Waals surface area contributed by atoms with Gasteiger partial charge in [-0.2, -0.15) is 0 Å². The number of hydrogen-bond acceptors (Lipinski definition) is 5. The van der Waals surface area contributed by atoms with Crippen molar-refractivity contribution in [3.05, 3.63) is 47.5 Å². The van der Waals surface area contributed by atoms with E-state index in [0.717, 1.165) is 16.6 Å². The maximum atomic E-state index is 10.8. The number of hydrogen-bond donors (Lipinski definition) is 3. The molecular formula is C17H15N3O4. The van der Waals surface area contributed by atoms with Crippen molar-refractivity contribution < 1.29 is 19.4 Å². The molecule has 122 valence electrons. The number of benzene rings is 2. The maximum Gasteiger partial charge on any atom is 0.335 e. The summed E-state index contributed by atoms with van der Waals surface area (Å²) in [5.41, 5.74) is 2.89. The van der Waals surface area contributed by atoms with Gasteiger partial charge in [-0.15, -0.1) is 0 Å². The van der Waals surface area contributed by atoms with Gasteiger partial charge in [0.25, 0.3) is 0 Å². The third kappa shape index (κ3) is 2.71. The molecule has 1 aliphatic rings. The van der Waals surface area contributed by atoms with Crippen LogP contribution in [0.4, 0.5) is 5.95 Å². The van der Waals surface area contributed by atoms with Gasteiger partial charge in [-0.25, -0.2) is 9.78 Å². The van der Waals surface area contributed by atoms with Crippen LogP contribution in [0.25, 0.3) is 11.0 Å². The molecule has 2 heterocycles. The quantitative estimate of drug-likeness (QED) is 0.682. The summed E-state index contributed by atoms with van der Waals surface area (Å²) < 4.78 is 11.1. The van der Waals surface area contributed by atoms with Gasteiger partial charge in [0.05, 0.1) is 16.6 Å². The van der Waals surface area contributed by atoms with Crippen LogP contribution in [0.5, 0.6) is 11.5 Å². The fourth-order valence-corrected chi connectivity index (χ4v) is 2.58. The van der Waals surface area contributed by atoms with Crippen molar-refractivity contribution >= 4 is 23.0 Å². The Bertz CT molecular complexity index is 859. The fourth-order valence-electron chi connectivity index (χ4n) is 2.58. The zero-order chi connectivity index (χ0) is 16.5. The zero-order valence-corrected chi connectivity index (χ0v) is 12.7. The number of nitrogens with one attached hydrogen (secondary N) is 2. The Hall–Kier alpha value is -3.22. The van der Waals surface area contributed by atoms with E-state index in [9.17, 15) is 4.79 Å². The topological polar surface area (TPSA) is 96.5 Å². The highest BCUT2D eigenvalue weighted by molar-refractivity contribution is 5.87. The first kappa shape index (κ1) is 14.4. The number of imidazole rings is 1. The number of carboxylic acid groups (broad SMARTS) is 1. The van der Waals surface area contributed by atoms with Crippen LogP contribution in [0.15, 0.2) is 36.4 Å². The van der Waals surface area contributed by atoms with Crippen molar-refractivity contribution in [2.24, 2.45) is 0 Å². The van der Waals surface area contributed by atoms with Gasteiger partial charge < -0.3 is 24.9 Å². The summed E-state index contributed by atoms with van der Waals surface area (Å²) in [6.07, 6.45) is 0. The second kappa shape index (κ2) is 5.77. The molecule has 1 aliphatic heterocycles. The fraction of sp³-hybridized carbons (Fsp3) is 0.176. The molecule has 4 rings (SSSR count). The zero-order valence-electron chi connectivity index (χ0n) is 12.7. The number of fused-ring (bicyclic) bond motifs is 2. The molecule has 2 aromatic carbocycles. The van der Waals surface area contributed by atoms with Crippen molar-refractivity contribution in [1.82, 2.24) is 9.97 Å². The number of anilines is 1. The SMILES string of the molecule is O=C(O)c1ccc(CNc2nc3cc4c(cc3[nH]2)OCCO4)cc1. The van der Waals surface area contributed by atoms with E-state index in [1.165, 1.54) is 0 Å². The number of aromatic carboxylic acids is 1. The first-order valence-electron chi connectivity index (χ1n) is 7.54. The van der Waals surface area contributed by atoms with E-state index in [4.69, 9.17) is 14.6 Å². The van der Waals surface area contributed by atoms with E-state index < -0.39 is 5.97 Å². The minimum atomic E-state index is -0.930. The summed E-state index contributed by atoms with van der Waals surface area (Å²) in [5.74, 6) is 1.12. The molecule has 0 radical (unpaired) electrons. The average molecular weight is 325 g/mol. The minimum absolute atomic E-state index is 0.271. The molecule has 0 aliphatic carbocycles. The number of H-pyrrole nitrogens is 1.